The number of aliphatic hydroxyl groups is 1. The van der Waals surface area contributed by atoms with E-state index in [0.717, 1.165) is 11.5 Å². The largest absolute Gasteiger partial charge is 0.394 e. The zero-order valence-corrected chi connectivity index (χ0v) is 12.8. The molecule has 3 N–H and O–H groups in total. The minimum atomic E-state index is -0.0173. The van der Waals surface area contributed by atoms with Crippen molar-refractivity contribution in [2.75, 3.05) is 17.2 Å². The van der Waals surface area contributed by atoms with Gasteiger partial charge in [0.1, 0.15) is 5.82 Å². The third-order valence-corrected chi connectivity index (χ3v) is 3.49. The summed E-state index contributed by atoms with van der Waals surface area (Å²) in [5, 5.41) is 16.0. The molecular weight excluding hydrogens is 252 g/mol. The number of rotatable bonds is 7. The second-order valence-electron chi connectivity index (χ2n) is 6.25. The molecule has 1 aliphatic rings. The molecule has 1 saturated carbocycles. The average Bonchev–Trinajstić information content (AvgIpc) is 3.18. The molecule has 20 heavy (non-hydrogen) atoms. The molecule has 0 aliphatic heterocycles. The Morgan fingerprint density at radius 3 is 2.40 bits per heavy atom. The van der Waals surface area contributed by atoms with Gasteiger partial charge in [0.05, 0.1) is 18.3 Å². The van der Waals surface area contributed by atoms with Crippen LogP contribution in [0.4, 0.5) is 11.8 Å². The van der Waals surface area contributed by atoms with Gasteiger partial charge in [-0.15, -0.1) is 0 Å². The van der Waals surface area contributed by atoms with Gasteiger partial charge in [0.15, 0.2) is 0 Å². The van der Waals surface area contributed by atoms with Crippen molar-refractivity contribution in [3.8, 4) is 0 Å². The predicted octanol–water partition coefficient (Wildman–Crippen LogP) is 2.60. The third-order valence-electron chi connectivity index (χ3n) is 3.49. The number of nitrogens with zero attached hydrogens (tertiary/aromatic N) is 2. The van der Waals surface area contributed by atoms with Gasteiger partial charge in [-0.25, -0.2) is 4.98 Å². The number of nitrogens with one attached hydrogen (secondary N) is 2. The number of aliphatic hydroxyl groups excluding tert-OH is 1. The van der Waals surface area contributed by atoms with Crippen LogP contribution in [0.3, 0.4) is 0 Å². The second-order valence-corrected chi connectivity index (χ2v) is 6.25. The molecule has 1 aromatic heterocycles. The predicted molar refractivity (Wildman–Crippen MR) is 82.1 cm³/mol. The first-order valence-corrected chi connectivity index (χ1v) is 7.52. The van der Waals surface area contributed by atoms with Gasteiger partial charge in [-0.1, -0.05) is 13.8 Å². The normalized spacial score (nSPS) is 16.6. The summed E-state index contributed by atoms with van der Waals surface area (Å²) in [6.45, 7) is 8.42. The summed E-state index contributed by atoms with van der Waals surface area (Å²) < 4.78 is 0. The minimum absolute atomic E-state index is 0.0173. The van der Waals surface area contributed by atoms with Gasteiger partial charge in [0.2, 0.25) is 5.95 Å². The lowest BCUT2D eigenvalue weighted by Gasteiger charge is -2.21. The van der Waals surface area contributed by atoms with Crippen LogP contribution in [0.5, 0.6) is 0 Å². The third kappa shape index (κ3) is 4.07. The molecule has 5 nitrogen and oxygen atoms in total. The van der Waals surface area contributed by atoms with Crippen LogP contribution in [0.15, 0.2) is 6.07 Å². The van der Waals surface area contributed by atoms with Crippen molar-refractivity contribution in [3.05, 3.63) is 11.8 Å². The van der Waals surface area contributed by atoms with E-state index in [4.69, 9.17) is 0 Å². The van der Waals surface area contributed by atoms with Gasteiger partial charge in [0, 0.05) is 18.0 Å². The molecule has 1 aliphatic carbocycles. The van der Waals surface area contributed by atoms with Gasteiger partial charge in [-0.05, 0) is 32.6 Å². The lowest BCUT2D eigenvalue weighted by Crippen LogP contribution is -2.30. The summed E-state index contributed by atoms with van der Waals surface area (Å²) in [4.78, 5) is 9.11. The first-order chi connectivity index (χ1) is 9.49. The van der Waals surface area contributed by atoms with Crippen LogP contribution in [0.25, 0.3) is 0 Å². The van der Waals surface area contributed by atoms with E-state index in [1.165, 1.54) is 12.8 Å². The van der Waals surface area contributed by atoms with E-state index in [1.54, 1.807) is 0 Å². The molecule has 0 unspecified atom stereocenters. The van der Waals surface area contributed by atoms with Gasteiger partial charge >= 0.3 is 0 Å². The van der Waals surface area contributed by atoms with E-state index < -0.39 is 0 Å². The van der Waals surface area contributed by atoms with Crippen LogP contribution in [-0.2, 0) is 0 Å². The number of hydrogen-bond acceptors (Lipinski definition) is 5. The zero-order chi connectivity index (χ0) is 14.7. The lowest BCUT2D eigenvalue weighted by molar-refractivity contribution is 0.248. The van der Waals surface area contributed by atoms with Crippen molar-refractivity contribution in [2.24, 2.45) is 5.92 Å². The molecule has 0 radical (unpaired) electrons. The Balaban J connectivity index is 2.19. The Morgan fingerprint density at radius 1 is 1.20 bits per heavy atom. The van der Waals surface area contributed by atoms with E-state index in [-0.39, 0.29) is 12.6 Å². The van der Waals surface area contributed by atoms with Crippen molar-refractivity contribution in [3.63, 3.8) is 0 Å². The first-order valence-electron chi connectivity index (χ1n) is 7.52. The molecule has 1 heterocycles. The number of hydrogen-bond donors (Lipinski definition) is 3. The van der Waals surface area contributed by atoms with E-state index in [9.17, 15) is 5.11 Å². The van der Waals surface area contributed by atoms with Crippen molar-refractivity contribution < 1.29 is 5.11 Å². The van der Waals surface area contributed by atoms with Crippen LogP contribution in [0.1, 0.15) is 52.1 Å². The maximum Gasteiger partial charge on any atom is 0.225 e. The molecule has 5 heteroatoms. The van der Waals surface area contributed by atoms with E-state index in [2.05, 4.69) is 48.3 Å². The highest BCUT2D eigenvalue weighted by atomic mass is 16.3. The molecule has 0 aromatic carbocycles. The van der Waals surface area contributed by atoms with Crippen molar-refractivity contribution in [1.82, 2.24) is 9.97 Å². The molecule has 1 atom stereocenters. The summed E-state index contributed by atoms with van der Waals surface area (Å²) in [5.41, 5.74) is 1.10. The van der Waals surface area contributed by atoms with Crippen LogP contribution >= 0.6 is 0 Å². The highest BCUT2D eigenvalue weighted by Crippen LogP contribution is 2.40. The maximum atomic E-state index is 9.43. The second kappa shape index (κ2) is 6.39. The van der Waals surface area contributed by atoms with Gasteiger partial charge in [0.25, 0.3) is 0 Å². The topological polar surface area (TPSA) is 70.1 Å². The molecular formula is C15H26N4O. The summed E-state index contributed by atoms with van der Waals surface area (Å²) >= 11 is 0. The first kappa shape index (κ1) is 15.0. The number of anilines is 2. The summed E-state index contributed by atoms with van der Waals surface area (Å²) in [6, 6.07) is 2.37. The zero-order valence-electron chi connectivity index (χ0n) is 12.8. The van der Waals surface area contributed by atoms with Crippen LogP contribution in [0, 0.1) is 5.92 Å². The quantitative estimate of drug-likeness (QED) is 0.715. The van der Waals surface area contributed by atoms with E-state index in [0.29, 0.717) is 23.8 Å². The molecule has 1 aromatic rings. The highest BCUT2D eigenvalue weighted by Gasteiger charge is 2.26. The van der Waals surface area contributed by atoms with Crippen LogP contribution < -0.4 is 10.6 Å². The average molecular weight is 278 g/mol. The van der Waals surface area contributed by atoms with Crippen molar-refractivity contribution in [1.29, 1.82) is 0 Å². The molecule has 0 bridgehead atoms. The minimum Gasteiger partial charge on any atom is -0.394 e. The van der Waals surface area contributed by atoms with E-state index >= 15 is 0 Å². The standard InChI is InChI=1S/C15H26N4O/c1-9(2)13(8-20)18-15-17-12(11-5-6-11)7-14(19-15)16-10(3)4/h7,9-11,13,20H,5-6,8H2,1-4H3,(H2,16,17,18,19)/t13-/m1/s1. The molecule has 0 amide bonds. The van der Waals surface area contributed by atoms with Crippen LogP contribution in [0.2, 0.25) is 0 Å². The molecule has 1 fully saturated rings. The maximum absolute atomic E-state index is 9.43. The Morgan fingerprint density at radius 2 is 1.90 bits per heavy atom. The van der Waals surface area contributed by atoms with Gasteiger partial charge in [-0.2, -0.15) is 4.98 Å². The Bertz CT molecular complexity index is 443. The molecule has 112 valence electrons. The molecule has 0 spiro atoms. The fourth-order valence-corrected chi connectivity index (χ4v) is 2.08. The highest BCUT2D eigenvalue weighted by molar-refractivity contribution is 5.45. The Kier molecular flexibility index (Phi) is 4.81. The SMILES string of the molecule is CC(C)Nc1cc(C2CC2)nc(N[C@H](CO)C(C)C)n1. The lowest BCUT2D eigenvalue weighted by atomic mass is 10.1. The summed E-state index contributed by atoms with van der Waals surface area (Å²) in [5.74, 6) is 2.39. The van der Waals surface area contributed by atoms with Crippen molar-refractivity contribution >= 4 is 11.8 Å². The molecule has 0 saturated heterocycles. The Labute approximate surface area is 121 Å². The Hall–Kier alpha value is -1.36. The smallest absolute Gasteiger partial charge is 0.225 e. The van der Waals surface area contributed by atoms with Gasteiger partial charge < -0.3 is 15.7 Å². The summed E-state index contributed by atoms with van der Waals surface area (Å²) in [7, 11) is 0. The number of aromatic nitrogens is 2. The van der Waals surface area contributed by atoms with Crippen molar-refractivity contribution in [2.45, 2.75) is 58.5 Å². The van der Waals surface area contributed by atoms with Crippen LogP contribution in [-0.4, -0.2) is 33.8 Å². The molecule has 2 rings (SSSR count). The van der Waals surface area contributed by atoms with Gasteiger partial charge in [-0.3, -0.25) is 0 Å². The summed E-state index contributed by atoms with van der Waals surface area (Å²) in [6.07, 6.45) is 2.43. The fourth-order valence-electron chi connectivity index (χ4n) is 2.08. The monoisotopic (exact) mass is 278 g/mol. The van der Waals surface area contributed by atoms with E-state index in [1.807, 2.05) is 6.07 Å². The fraction of sp³-hybridized carbons (Fsp3) is 0.733.